The van der Waals surface area contributed by atoms with E-state index in [0.29, 0.717) is 0 Å². The van der Waals surface area contributed by atoms with Gasteiger partial charge in [-0.3, -0.25) is 4.79 Å². The van der Waals surface area contributed by atoms with Crippen molar-refractivity contribution in [2.24, 2.45) is 0 Å². The van der Waals surface area contributed by atoms with E-state index >= 15 is 0 Å². The normalized spacial score (nSPS) is 12.0. The van der Waals surface area contributed by atoms with Gasteiger partial charge in [-0.05, 0) is 19.1 Å². The lowest BCUT2D eigenvalue weighted by Crippen LogP contribution is -2.35. The fourth-order valence-corrected chi connectivity index (χ4v) is 2.77. The first-order valence-corrected chi connectivity index (χ1v) is 8.94. The summed E-state index contributed by atoms with van der Waals surface area (Å²) in [4.78, 5) is 23.9. The summed E-state index contributed by atoms with van der Waals surface area (Å²) in [6, 6.07) is 5.89. The van der Waals surface area contributed by atoms with Crippen molar-refractivity contribution < 1.29 is 32.2 Å². The molecule has 1 aromatic carbocycles. The summed E-state index contributed by atoms with van der Waals surface area (Å²) in [5, 5.41) is 2.65. The highest BCUT2D eigenvalue weighted by Crippen LogP contribution is 2.11. The maximum absolute atomic E-state index is 12.3. The van der Waals surface area contributed by atoms with Gasteiger partial charge in [0.2, 0.25) is 0 Å². The number of esters is 1. The number of nitrogens with one attached hydrogen (secondary N) is 2. The monoisotopic (exact) mass is 386 g/mol. The minimum Gasteiger partial charge on any atom is -0.465 e. The van der Waals surface area contributed by atoms with Crippen molar-refractivity contribution in [3.8, 4) is 0 Å². The van der Waals surface area contributed by atoms with E-state index < -0.39 is 33.8 Å². The third-order valence-corrected chi connectivity index (χ3v) is 4.61. The maximum atomic E-state index is 12.3. The van der Waals surface area contributed by atoms with Crippen LogP contribution >= 0.6 is 0 Å². The van der Waals surface area contributed by atoms with E-state index in [0.717, 1.165) is 18.9 Å². The Morgan fingerprint density at radius 2 is 1.69 bits per heavy atom. The predicted octanol–water partition coefficient (Wildman–Crippen LogP) is 0.0653. The first-order valence-electron chi connectivity index (χ1n) is 7.46. The average molecular weight is 386 g/mol. The maximum Gasteiger partial charge on any atom is 0.345 e. The van der Waals surface area contributed by atoms with Gasteiger partial charge in [0.05, 0.1) is 18.6 Å². The third-order valence-electron chi connectivity index (χ3n) is 3.26. The second kappa shape index (κ2) is 9.90. The number of carbonyl (C=O) groups is 2. The summed E-state index contributed by atoms with van der Waals surface area (Å²) >= 11 is 0. The lowest BCUT2D eigenvalue weighted by Gasteiger charge is -2.13. The molecule has 0 saturated heterocycles. The second-order valence-corrected chi connectivity index (χ2v) is 6.79. The van der Waals surface area contributed by atoms with Crippen LogP contribution in [0.4, 0.5) is 0 Å². The molecule has 0 bridgehead atoms. The highest BCUT2D eigenvalue weighted by Gasteiger charge is 2.25. The van der Waals surface area contributed by atoms with E-state index in [1.165, 1.54) is 26.4 Å². The molecule has 1 aromatic rings. The van der Waals surface area contributed by atoms with Gasteiger partial charge in [0.1, 0.15) is 5.57 Å². The van der Waals surface area contributed by atoms with Crippen molar-refractivity contribution in [1.82, 2.24) is 10.0 Å². The smallest absolute Gasteiger partial charge is 0.345 e. The molecule has 0 saturated carbocycles. The van der Waals surface area contributed by atoms with Crippen LogP contribution in [0.25, 0.3) is 0 Å². The van der Waals surface area contributed by atoms with Gasteiger partial charge in [0, 0.05) is 20.4 Å². The van der Waals surface area contributed by atoms with Crippen molar-refractivity contribution in [1.29, 1.82) is 0 Å². The zero-order chi connectivity index (χ0) is 19.7. The topological polar surface area (TPSA) is 120 Å². The first-order chi connectivity index (χ1) is 12.2. The molecular weight excluding hydrogens is 364 g/mol. The number of sulfonamides is 1. The van der Waals surface area contributed by atoms with Gasteiger partial charge in [0.25, 0.3) is 15.9 Å². The lowest BCUT2D eigenvalue weighted by molar-refractivity contribution is -0.137. The Morgan fingerprint density at radius 1 is 1.12 bits per heavy atom. The van der Waals surface area contributed by atoms with Gasteiger partial charge in [-0.15, -0.1) is 0 Å². The molecule has 0 aromatic heterocycles. The van der Waals surface area contributed by atoms with Crippen LogP contribution in [0.3, 0.4) is 0 Å². The van der Waals surface area contributed by atoms with E-state index in [9.17, 15) is 18.0 Å². The summed E-state index contributed by atoms with van der Waals surface area (Å²) < 4.78 is 40.8. The Kier molecular flexibility index (Phi) is 8.23. The molecule has 0 heterocycles. The van der Waals surface area contributed by atoms with Crippen molar-refractivity contribution >= 4 is 21.9 Å². The molecule has 0 unspecified atom stereocenters. The molecule has 9 nitrogen and oxygen atoms in total. The molecule has 0 fully saturated rings. The molecule has 0 radical (unpaired) electrons. The predicted molar refractivity (Wildman–Crippen MR) is 92.4 cm³/mol. The Labute approximate surface area is 152 Å². The molecule has 1 amide bonds. The molecule has 0 atom stereocenters. The third kappa shape index (κ3) is 6.14. The van der Waals surface area contributed by atoms with Crippen LogP contribution in [0.1, 0.15) is 5.56 Å². The van der Waals surface area contributed by atoms with Crippen LogP contribution in [0.15, 0.2) is 40.9 Å². The Hall–Kier alpha value is -2.43. The Balaban J connectivity index is 2.95. The van der Waals surface area contributed by atoms with Crippen LogP contribution in [0, 0.1) is 6.92 Å². The second-order valence-electron chi connectivity index (χ2n) is 5.11. The van der Waals surface area contributed by atoms with Crippen LogP contribution in [0.2, 0.25) is 0 Å². The lowest BCUT2D eigenvalue weighted by atomic mass is 10.2. The van der Waals surface area contributed by atoms with Crippen molar-refractivity contribution in [3.63, 3.8) is 0 Å². The Bertz CT molecular complexity index is 753. The number of methoxy groups -OCH3 is 3. The Morgan fingerprint density at radius 3 is 2.19 bits per heavy atom. The van der Waals surface area contributed by atoms with Crippen molar-refractivity contribution in [3.05, 3.63) is 41.6 Å². The van der Waals surface area contributed by atoms with Gasteiger partial charge < -0.3 is 19.5 Å². The minimum atomic E-state index is -4.14. The van der Waals surface area contributed by atoms with E-state index in [-0.39, 0.29) is 11.4 Å². The fourth-order valence-electron chi connectivity index (χ4n) is 1.80. The van der Waals surface area contributed by atoms with E-state index in [1.807, 2.05) is 4.72 Å². The van der Waals surface area contributed by atoms with Crippen LogP contribution in [-0.2, 0) is 33.8 Å². The number of hydrogen-bond donors (Lipinski definition) is 2. The van der Waals surface area contributed by atoms with Gasteiger partial charge in [-0.1, -0.05) is 17.7 Å². The largest absolute Gasteiger partial charge is 0.465 e. The van der Waals surface area contributed by atoms with E-state index in [2.05, 4.69) is 10.1 Å². The number of rotatable bonds is 9. The van der Waals surface area contributed by atoms with Gasteiger partial charge in [-0.2, -0.15) is 0 Å². The molecule has 26 heavy (non-hydrogen) atoms. The van der Waals surface area contributed by atoms with Crippen LogP contribution < -0.4 is 10.0 Å². The fraction of sp³-hybridized carbons (Fsp3) is 0.375. The standard InChI is InChI=1S/C16H22N2O7S/c1-11-5-7-12(8-6-11)26(21,22)18-15(19)13(16(20)25-4)9-17-10-14(23-2)24-3/h5-9,14,17H,10H2,1-4H3,(H,18,19)/b13-9+. The number of aryl methyl sites for hydroxylation is 1. The summed E-state index contributed by atoms with van der Waals surface area (Å²) in [7, 11) is -0.228. The first kappa shape index (κ1) is 21.6. The molecular formula is C16H22N2O7S. The van der Waals surface area contributed by atoms with E-state index in [1.54, 1.807) is 19.1 Å². The van der Waals surface area contributed by atoms with E-state index in [4.69, 9.17) is 9.47 Å². The summed E-state index contributed by atoms with van der Waals surface area (Å²) in [5.41, 5.74) is 0.342. The summed E-state index contributed by atoms with van der Waals surface area (Å²) in [5.74, 6) is -2.13. The SMILES string of the molecule is COC(=O)/C(=C/NCC(OC)OC)C(=O)NS(=O)(=O)c1ccc(C)cc1. The molecule has 1 rings (SSSR count). The van der Waals surface area contributed by atoms with Gasteiger partial charge in [-0.25, -0.2) is 17.9 Å². The quantitative estimate of drug-likeness (QED) is 0.201. The molecule has 10 heteroatoms. The molecule has 0 spiro atoms. The highest BCUT2D eigenvalue weighted by molar-refractivity contribution is 7.90. The van der Waals surface area contributed by atoms with Crippen LogP contribution in [-0.4, -0.2) is 54.5 Å². The zero-order valence-electron chi connectivity index (χ0n) is 14.9. The summed E-state index contributed by atoms with van der Waals surface area (Å²) in [6.07, 6.45) is 0.418. The highest BCUT2D eigenvalue weighted by atomic mass is 32.2. The van der Waals surface area contributed by atoms with Gasteiger partial charge in [0.15, 0.2) is 6.29 Å². The minimum absolute atomic E-state index is 0.104. The zero-order valence-corrected chi connectivity index (χ0v) is 15.8. The summed E-state index contributed by atoms with van der Waals surface area (Å²) in [6.45, 7) is 1.91. The molecule has 0 aliphatic rings. The molecule has 2 N–H and O–H groups in total. The number of amides is 1. The molecule has 0 aliphatic heterocycles. The van der Waals surface area contributed by atoms with Gasteiger partial charge >= 0.3 is 5.97 Å². The van der Waals surface area contributed by atoms with Crippen LogP contribution in [0.5, 0.6) is 0 Å². The van der Waals surface area contributed by atoms with Crippen molar-refractivity contribution in [2.75, 3.05) is 27.9 Å². The molecule has 0 aliphatic carbocycles. The number of carbonyl (C=O) groups excluding carboxylic acids is 2. The number of ether oxygens (including phenoxy) is 3. The number of benzene rings is 1. The van der Waals surface area contributed by atoms with Crippen molar-refractivity contribution in [2.45, 2.75) is 18.1 Å². The molecule has 144 valence electrons. The average Bonchev–Trinajstić information content (AvgIpc) is 2.61. The number of hydrogen-bond acceptors (Lipinski definition) is 8.